The minimum atomic E-state index is -1.09. The summed E-state index contributed by atoms with van der Waals surface area (Å²) in [7, 11) is 3.10. The Kier molecular flexibility index (Phi) is 8.41. The predicted molar refractivity (Wildman–Crippen MR) is 150 cm³/mol. The maximum absolute atomic E-state index is 15.4. The van der Waals surface area contributed by atoms with E-state index < -0.39 is 28.7 Å². The topological polar surface area (TPSA) is 113 Å². The number of fused-ring (bicyclic) bond motifs is 1. The van der Waals surface area contributed by atoms with Gasteiger partial charge in [0.15, 0.2) is 5.13 Å². The van der Waals surface area contributed by atoms with Gasteiger partial charge in [-0.2, -0.15) is 4.39 Å². The number of aryl methyl sites for hydroxylation is 1. The molecule has 0 spiro atoms. The zero-order valence-electron chi connectivity index (χ0n) is 22.7. The molecule has 12 heteroatoms. The van der Waals surface area contributed by atoms with E-state index in [0.29, 0.717) is 60.8 Å². The number of nitrogens with zero attached hydrogens (tertiary/aromatic N) is 4. The quantitative estimate of drug-likeness (QED) is 0.400. The van der Waals surface area contributed by atoms with Crippen LogP contribution in [0.25, 0.3) is 22.4 Å². The number of benzene rings is 1. The molecule has 2 aliphatic rings. The Morgan fingerprint density at radius 1 is 1.20 bits per heavy atom. The van der Waals surface area contributed by atoms with Gasteiger partial charge in [0.05, 0.1) is 6.42 Å². The van der Waals surface area contributed by atoms with Crippen molar-refractivity contribution in [2.24, 2.45) is 11.8 Å². The lowest BCUT2D eigenvalue weighted by Gasteiger charge is -2.27. The Labute approximate surface area is 239 Å². The average molecular weight is 585 g/mol. The third-order valence-corrected chi connectivity index (χ3v) is 8.63. The second-order valence-corrected chi connectivity index (χ2v) is 11.4. The Balaban J connectivity index is 1.45. The van der Waals surface area contributed by atoms with Crippen LogP contribution in [0, 0.1) is 22.8 Å². The van der Waals surface area contributed by atoms with E-state index in [2.05, 4.69) is 9.97 Å². The van der Waals surface area contributed by atoms with E-state index in [-0.39, 0.29) is 34.6 Å². The highest BCUT2D eigenvalue weighted by Gasteiger charge is 2.31. The lowest BCUT2D eigenvalue weighted by atomic mass is 9.86. The van der Waals surface area contributed by atoms with Gasteiger partial charge < -0.3 is 9.84 Å². The lowest BCUT2D eigenvalue weighted by Crippen LogP contribution is -2.35. The van der Waals surface area contributed by atoms with Crippen LogP contribution in [0.3, 0.4) is 0 Å². The van der Waals surface area contributed by atoms with E-state index in [1.165, 1.54) is 35.0 Å². The van der Waals surface area contributed by atoms with Crippen molar-refractivity contribution in [3.05, 3.63) is 47.0 Å². The van der Waals surface area contributed by atoms with Gasteiger partial charge in [0.2, 0.25) is 16.9 Å². The van der Waals surface area contributed by atoms with E-state index >= 15 is 4.39 Å². The van der Waals surface area contributed by atoms with Crippen LogP contribution in [0.2, 0.25) is 0 Å². The lowest BCUT2D eigenvalue weighted by molar-refractivity contribution is -0.141. The number of carboxylic acids is 1. The summed E-state index contributed by atoms with van der Waals surface area (Å²) in [4.78, 5) is 48.6. The van der Waals surface area contributed by atoms with Crippen LogP contribution >= 0.6 is 11.3 Å². The van der Waals surface area contributed by atoms with E-state index in [1.54, 1.807) is 13.2 Å². The molecule has 1 saturated heterocycles. The van der Waals surface area contributed by atoms with Crippen LogP contribution in [-0.2, 0) is 25.5 Å². The fraction of sp³-hybridized carbons (Fsp3) is 0.414. The van der Waals surface area contributed by atoms with E-state index in [9.17, 15) is 23.9 Å². The molecular weight excluding hydrogens is 554 g/mol. The molecule has 0 bridgehead atoms. The monoisotopic (exact) mass is 584 g/mol. The van der Waals surface area contributed by atoms with Gasteiger partial charge in [0, 0.05) is 57.0 Å². The number of anilines is 2. The van der Waals surface area contributed by atoms with Crippen molar-refractivity contribution < 1.29 is 33.0 Å². The molecule has 1 fully saturated rings. The fourth-order valence-corrected chi connectivity index (χ4v) is 6.24. The fourth-order valence-electron chi connectivity index (χ4n) is 5.46. The molecule has 4 heterocycles. The van der Waals surface area contributed by atoms with Gasteiger partial charge in [0.25, 0.3) is 0 Å². The number of carbonyl (C=O) groups is 3. The van der Waals surface area contributed by atoms with Crippen LogP contribution in [0.15, 0.2) is 30.5 Å². The number of aliphatic carboxylic acids is 1. The molecule has 1 unspecified atom stereocenters. The van der Waals surface area contributed by atoms with Gasteiger partial charge in [-0.25, -0.2) is 14.4 Å². The normalized spacial score (nSPS) is 16.4. The smallest absolute Gasteiger partial charge is 0.304 e. The van der Waals surface area contributed by atoms with Crippen molar-refractivity contribution in [2.75, 3.05) is 37.1 Å². The number of thiazole rings is 1. The summed E-state index contributed by atoms with van der Waals surface area (Å²) in [5.41, 5.74) is 2.02. The zero-order valence-corrected chi connectivity index (χ0v) is 23.5. The molecule has 1 aromatic carbocycles. The minimum Gasteiger partial charge on any atom is -0.481 e. The molecule has 1 atom stereocenters. The average Bonchev–Trinajstić information content (AvgIpc) is 3.35. The summed E-state index contributed by atoms with van der Waals surface area (Å²) in [5, 5.41) is 8.79. The highest BCUT2D eigenvalue weighted by molar-refractivity contribution is 7.14. The maximum Gasteiger partial charge on any atom is 0.304 e. The van der Waals surface area contributed by atoms with E-state index in [4.69, 9.17) is 4.74 Å². The first-order valence-electron chi connectivity index (χ1n) is 13.4. The number of carboxylic acid groups (broad SMARTS) is 1. The van der Waals surface area contributed by atoms with E-state index in [1.807, 2.05) is 6.07 Å². The number of carbonyl (C=O) groups excluding carboxylic acids is 2. The third-order valence-electron chi connectivity index (χ3n) is 7.71. The summed E-state index contributed by atoms with van der Waals surface area (Å²) < 4.78 is 35.3. The number of amides is 2. The molecule has 9 nitrogen and oxygen atoms in total. The van der Waals surface area contributed by atoms with Crippen molar-refractivity contribution in [1.29, 1.82) is 0 Å². The third kappa shape index (κ3) is 6.13. The molecule has 0 aliphatic carbocycles. The van der Waals surface area contributed by atoms with Crippen molar-refractivity contribution >= 4 is 40.1 Å². The molecule has 2 amide bonds. The number of halogens is 2. The Morgan fingerprint density at radius 2 is 1.95 bits per heavy atom. The first kappa shape index (κ1) is 28.7. The van der Waals surface area contributed by atoms with Gasteiger partial charge in [-0.3, -0.25) is 24.2 Å². The Hall–Kier alpha value is -3.77. The second kappa shape index (κ2) is 12.0. The molecule has 1 N–H and O–H groups in total. The Morgan fingerprint density at radius 3 is 2.68 bits per heavy atom. The maximum atomic E-state index is 15.4. The number of pyridine rings is 1. The molecule has 2 aliphatic heterocycles. The van der Waals surface area contributed by atoms with Crippen molar-refractivity contribution in [3.63, 3.8) is 0 Å². The number of hydrogen-bond donors (Lipinski definition) is 1. The molecule has 5 rings (SSSR count). The van der Waals surface area contributed by atoms with Crippen molar-refractivity contribution in [1.82, 2.24) is 9.97 Å². The van der Waals surface area contributed by atoms with Crippen molar-refractivity contribution in [3.8, 4) is 22.4 Å². The number of hydrogen-bond acceptors (Lipinski definition) is 7. The van der Waals surface area contributed by atoms with Gasteiger partial charge in [-0.15, -0.1) is 0 Å². The summed E-state index contributed by atoms with van der Waals surface area (Å²) in [6.07, 6.45) is 3.93. The summed E-state index contributed by atoms with van der Waals surface area (Å²) in [5.74, 6) is -2.26. The van der Waals surface area contributed by atoms with Crippen LogP contribution in [0.4, 0.5) is 19.7 Å². The summed E-state index contributed by atoms with van der Waals surface area (Å²) >= 11 is 0.639. The molecule has 3 aromatic rings. The highest BCUT2D eigenvalue weighted by Crippen LogP contribution is 2.39. The Bertz CT molecular complexity index is 1490. The molecular formula is C29H30F2N4O5S. The molecule has 0 saturated carbocycles. The van der Waals surface area contributed by atoms with Gasteiger partial charge in [0.1, 0.15) is 17.3 Å². The SMILES string of the molecule is CN(C(=O)C(CC(=O)O)CC1CCOCC1)c1nc(-c2cc(F)ccc2-c2cnc3c(c2)CCC(=O)N3C)c(F)s1. The minimum absolute atomic E-state index is 0.0330. The highest BCUT2D eigenvalue weighted by atomic mass is 32.1. The number of rotatable bonds is 8. The van der Waals surface area contributed by atoms with Crippen LogP contribution < -0.4 is 9.80 Å². The first-order chi connectivity index (χ1) is 19.6. The largest absolute Gasteiger partial charge is 0.481 e. The van der Waals surface area contributed by atoms with Gasteiger partial charge in [-0.05, 0) is 60.9 Å². The predicted octanol–water partition coefficient (Wildman–Crippen LogP) is 4.93. The second-order valence-electron chi connectivity index (χ2n) is 10.5. The van der Waals surface area contributed by atoms with Crippen LogP contribution in [0.5, 0.6) is 0 Å². The standard InChI is InChI=1S/C29H30F2N4O5S/c1-34-23(36)6-3-17-12-19(15-32-27(17)34)21-5-4-20(30)14-22(21)25-26(31)41-29(33-25)35(2)28(39)18(13-24(37)38)11-16-7-9-40-10-8-16/h4-5,12,14-16,18H,3,6-11,13H2,1-2H3,(H,37,38). The molecule has 41 heavy (non-hydrogen) atoms. The van der Waals surface area contributed by atoms with Crippen LogP contribution in [0.1, 0.15) is 37.7 Å². The zero-order chi connectivity index (χ0) is 29.3. The van der Waals surface area contributed by atoms with Gasteiger partial charge in [-0.1, -0.05) is 17.4 Å². The molecule has 2 aromatic heterocycles. The first-order valence-corrected chi connectivity index (χ1v) is 14.2. The van der Waals surface area contributed by atoms with Gasteiger partial charge >= 0.3 is 5.97 Å². The van der Waals surface area contributed by atoms with Crippen LogP contribution in [-0.4, -0.2) is 60.2 Å². The number of aromatic nitrogens is 2. The van der Waals surface area contributed by atoms with E-state index in [0.717, 1.165) is 18.4 Å². The van der Waals surface area contributed by atoms with Crippen molar-refractivity contribution in [2.45, 2.75) is 38.5 Å². The molecule has 216 valence electrons. The number of ether oxygens (including phenoxy) is 1. The summed E-state index contributed by atoms with van der Waals surface area (Å²) in [6, 6.07) is 5.83. The summed E-state index contributed by atoms with van der Waals surface area (Å²) in [6.45, 7) is 1.14. The molecule has 0 radical (unpaired) electrons.